The van der Waals surface area contributed by atoms with Crippen LogP contribution in [0.15, 0.2) is 18.2 Å². The fraction of sp³-hybridized carbons (Fsp3) is 0.438. The van der Waals surface area contributed by atoms with Crippen LogP contribution < -0.4 is 15.4 Å². The lowest BCUT2D eigenvalue weighted by Crippen LogP contribution is -2.34. The van der Waals surface area contributed by atoms with Crippen LogP contribution in [0.4, 0.5) is 11.4 Å². The normalized spacial score (nSPS) is 27.3. The molecule has 3 atom stereocenters. The average Bonchev–Trinajstić information content (AvgIpc) is 3.04. The van der Waals surface area contributed by atoms with Gasteiger partial charge in [-0.2, -0.15) is 0 Å². The number of aliphatic carboxylic acids is 1. The molecule has 122 valence electrons. The van der Waals surface area contributed by atoms with E-state index >= 15 is 0 Å². The van der Waals surface area contributed by atoms with Gasteiger partial charge >= 0.3 is 5.97 Å². The maximum Gasteiger partial charge on any atom is 0.307 e. The molecule has 2 amide bonds. The maximum absolute atomic E-state index is 12.3. The first kappa shape index (κ1) is 15.3. The van der Waals surface area contributed by atoms with Gasteiger partial charge in [0.15, 0.2) is 6.10 Å². The van der Waals surface area contributed by atoms with Crippen molar-refractivity contribution in [1.82, 2.24) is 0 Å². The van der Waals surface area contributed by atoms with Crippen LogP contribution in [0.3, 0.4) is 0 Å². The first-order valence-corrected chi connectivity index (χ1v) is 7.37. The van der Waals surface area contributed by atoms with E-state index in [9.17, 15) is 14.4 Å². The molecule has 7 nitrogen and oxygen atoms in total. The number of ether oxygens (including phenoxy) is 1. The lowest BCUT2D eigenvalue weighted by atomic mass is 10.1. The zero-order valence-corrected chi connectivity index (χ0v) is 13.0. The molecule has 1 unspecified atom stereocenters. The molecule has 1 aliphatic heterocycles. The summed E-state index contributed by atoms with van der Waals surface area (Å²) in [6.07, 6.45) is -0.563. The first-order chi connectivity index (χ1) is 10.7. The SMILES string of the molecule is CC1Oc2ccc(NC(=O)[C@@H]3[C@H](C(=O)O)C3(C)C)cc2NC1=O. The number of nitrogens with one attached hydrogen (secondary N) is 2. The fourth-order valence-corrected chi connectivity index (χ4v) is 3.09. The molecule has 0 aromatic heterocycles. The Kier molecular flexibility index (Phi) is 3.31. The van der Waals surface area contributed by atoms with Crippen molar-refractivity contribution in [3.63, 3.8) is 0 Å². The van der Waals surface area contributed by atoms with Gasteiger partial charge in [-0.25, -0.2) is 0 Å². The van der Waals surface area contributed by atoms with Gasteiger partial charge in [0.1, 0.15) is 5.75 Å². The first-order valence-electron chi connectivity index (χ1n) is 7.37. The van der Waals surface area contributed by atoms with Crippen LogP contribution in [0.5, 0.6) is 5.75 Å². The number of carbonyl (C=O) groups excluding carboxylic acids is 2. The van der Waals surface area contributed by atoms with Crippen molar-refractivity contribution in [2.45, 2.75) is 26.9 Å². The Hall–Kier alpha value is -2.57. The highest BCUT2D eigenvalue weighted by molar-refractivity contribution is 6.01. The highest BCUT2D eigenvalue weighted by Gasteiger charge is 2.65. The molecule has 3 rings (SSSR count). The minimum atomic E-state index is -0.963. The standard InChI is InChI=1S/C16H18N2O5/c1-7-13(19)18-9-6-8(4-5-10(9)23-7)17-14(20)11-12(15(21)22)16(11,2)3/h4-7,11-12H,1-3H3,(H,17,20)(H,18,19)(H,21,22)/t7?,11-,12+/m0/s1. The number of benzene rings is 1. The monoisotopic (exact) mass is 318 g/mol. The minimum Gasteiger partial charge on any atom is -0.481 e. The fourth-order valence-electron chi connectivity index (χ4n) is 3.09. The van der Waals surface area contributed by atoms with Crippen molar-refractivity contribution in [1.29, 1.82) is 0 Å². The molecular weight excluding hydrogens is 300 g/mol. The van der Waals surface area contributed by atoms with Crippen molar-refractivity contribution < 1.29 is 24.2 Å². The van der Waals surface area contributed by atoms with E-state index in [1.165, 1.54) is 0 Å². The van der Waals surface area contributed by atoms with E-state index in [-0.39, 0.29) is 11.8 Å². The molecule has 0 saturated heterocycles. The number of amides is 2. The quantitative estimate of drug-likeness (QED) is 0.787. The van der Waals surface area contributed by atoms with Gasteiger partial charge in [0, 0.05) is 5.69 Å². The van der Waals surface area contributed by atoms with Crippen LogP contribution in [0.25, 0.3) is 0 Å². The number of carboxylic acid groups (broad SMARTS) is 1. The number of fused-ring (bicyclic) bond motifs is 1. The van der Waals surface area contributed by atoms with Gasteiger partial charge in [-0.05, 0) is 30.5 Å². The topological polar surface area (TPSA) is 105 Å². The molecule has 1 aromatic carbocycles. The molecular formula is C16H18N2O5. The smallest absolute Gasteiger partial charge is 0.307 e. The van der Waals surface area contributed by atoms with Crippen molar-refractivity contribution in [2.24, 2.45) is 17.3 Å². The van der Waals surface area contributed by atoms with Crippen molar-refractivity contribution >= 4 is 29.2 Å². The van der Waals surface area contributed by atoms with Crippen LogP contribution >= 0.6 is 0 Å². The predicted molar refractivity (Wildman–Crippen MR) is 82.2 cm³/mol. The molecule has 1 aliphatic carbocycles. The number of carboxylic acids is 1. The van der Waals surface area contributed by atoms with E-state index in [2.05, 4.69) is 10.6 Å². The summed E-state index contributed by atoms with van der Waals surface area (Å²) in [6.45, 7) is 5.17. The van der Waals surface area contributed by atoms with Gasteiger partial charge in [-0.15, -0.1) is 0 Å². The van der Waals surface area contributed by atoms with Crippen LogP contribution in [0.1, 0.15) is 20.8 Å². The molecule has 1 heterocycles. The van der Waals surface area contributed by atoms with Gasteiger partial charge < -0.3 is 20.5 Å². The van der Waals surface area contributed by atoms with E-state index in [0.29, 0.717) is 17.1 Å². The minimum absolute atomic E-state index is 0.254. The lowest BCUT2D eigenvalue weighted by molar-refractivity contribution is -0.140. The average molecular weight is 318 g/mol. The van der Waals surface area contributed by atoms with Crippen LogP contribution in [0, 0.1) is 17.3 Å². The third-order valence-electron chi connectivity index (χ3n) is 4.55. The molecule has 1 fully saturated rings. The summed E-state index contributed by atoms with van der Waals surface area (Å²) >= 11 is 0. The largest absolute Gasteiger partial charge is 0.481 e. The predicted octanol–water partition coefficient (Wildman–Crippen LogP) is 1.70. The summed E-state index contributed by atoms with van der Waals surface area (Å²) < 4.78 is 5.44. The second kappa shape index (κ2) is 4.97. The molecule has 0 spiro atoms. The second-order valence-electron chi connectivity index (χ2n) is 6.56. The molecule has 23 heavy (non-hydrogen) atoms. The van der Waals surface area contributed by atoms with Crippen LogP contribution in [0.2, 0.25) is 0 Å². The summed E-state index contributed by atoms with van der Waals surface area (Å²) in [5.41, 5.74) is 0.409. The number of hydrogen-bond acceptors (Lipinski definition) is 4. The van der Waals surface area contributed by atoms with Crippen molar-refractivity contribution in [3.8, 4) is 5.75 Å². The lowest BCUT2D eigenvalue weighted by Gasteiger charge is -2.23. The Balaban J connectivity index is 1.75. The Morgan fingerprint density at radius 3 is 2.61 bits per heavy atom. The number of carbonyl (C=O) groups is 3. The summed E-state index contributed by atoms with van der Waals surface area (Å²) in [6, 6.07) is 4.92. The molecule has 1 aromatic rings. The number of rotatable bonds is 3. The third kappa shape index (κ3) is 2.52. The second-order valence-corrected chi connectivity index (χ2v) is 6.56. The Morgan fingerprint density at radius 1 is 1.30 bits per heavy atom. The van der Waals surface area contributed by atoms with E-state index < -0.39 is 29.3 Å². The van der Waals surface area contributed by atoms with Crippen LogP contribution in [-0.4, -0.2) is 29.0 Å². The number of hydrogen-bond donors (Lipinski definition) is 3. The Bertz CT molecular complexity index is 712. The Morgan fingerprint density at radius 2 is 2.00 bits per heavy atom. The molecule has 0 radical (unpaired) electrons. The van der Waals surface area contributed by atoms with E-state index in [0.717, 1.165) is 0 Å². The van der Waals surface area contributed by atoms with Gasteiger partial charge in [-0.3, -0.25) is 14.4 Å². The third-order valence-corrected chi connectivity index (χ3v) is 4.55. The molecule has 0 bridgehead atoms. The van der Waals surface area contributed by atoms with Crippen LogP contribution in [-0.2, 0) is 14.4 Å². The highest BCUT2D eigenvalue weighted by atomic mass is 16.5. The molecule has 2 aliphatic rings. The van der Waals surface area contributed by atoms with E-state index in [1.54, 1.807) is 39.0 Å². The van der Waals surface area contributed by atoms with Gasteiger partial charge in [-0.1, -0.05) is 13.8 Å². The van der Waals surface area contributed by atoms with Gasteiger partial charge in [0.05, 0.1) is 17.5 Å². The van der Waals surface area contributed by atoms with Crippen molar-refractivity contribution in [3.05, 3.63) is 18.2 Å². The van der Waals surface area contributed by atoms with Gasteiger partial charge in [0.25, 0.3) is 5.91 Å². The zero-order valence-electron chi connectivity index (χ0n) is 13.0. The number of anilines is 2. The molecule has 1 saturated carbocycles. The summed E-state index contributed by atoms with van der Waals surface area (Å²) in [5, 5.41) is 14.6. The van der Waals surface area contributed by atoms with E-state index in [1.807, 2.05) is 0 Å². The zero-order chi connectivity index (χ0) is 16.9. The summed E-state index contributed by atoms with van der Waals surface area (Å²) in [7, 11) is 0. The Labute approximate surface area is 133 Å². The van der Waals surface area contributed by atoms with Crippen molar-refractivity contribution in [2.75, 3.05) is 10.6 Å². The van der Waals surface area contributed by atoms with Gasteiger partial charge in [0.2, 0.25) is 5.91 Å². The summed E-state index contributed by atoms with van der Waals surface area (Å²) in [5.74, 6) is -2.26. The molecule has 3 N–H and O–H groups in total. The summed E-state index contributed by atoms with van der Waals surface area (Å²) in [4.78, 5) is 35.1. The van der Waals surface area contributed by atoms with E-state index in [4.69, 9.17) is 9.84 Å². The molecule has 7 heteroatoms. The highest BCUT2D eigenvalue weighted by Crippen LogP contribution is 2.58. The maximum atomic E-state index is 12.3.